The van der Waals surface area contributed by atoms with Crippen molar-refractivity contribution in [3.05, 3.63) is 36.3 Å². The molecule has 2 N–H and O–H groups in total. The molecule has 0 spiro atoms. The Morgan fingerprint density at radius 1 is 1.55 bits per heavy atom. The van der Waals surface area contributed by atoms with Gasteiger partial charge in [-0.15, -0.1) is 0 Å². The number of fused-ring (bicyclic) bond motifs is 1. The fourth-order valence-corrected chi connectivity index (χ4v) is 2.63. The smallest absolute Gasteiger partial charge is 0.226 e. The maximum atomic E-state index is 12.0. The van der Waals surface area contributed by atoms with E-state index < -0.39 is 0 Å². The van der Waals surface area contributed by atoms with Crippen LogP contribution < -0.4 is 5.32 Å². The number of nitrogens with zero attached hydrogens (tertiary/aromatic N) is 2. The minimum atomic E-state index is -0.331. The summed E-state index contributed by atoms with van der Waals surface area (Å²) in [5.74, 6) is -0.0432. The molecular formula is C15H19N3O2. The molecule has 1 fully saturated rings. The first-order valence-corrected chi connectivity index (χ1v) is 6.87. The van der Waals surface area contributed by atoms with Crippen molar-refractivity contribution in [3.8, 4) is 0 Å². The zero-order valence-electron chi connectivity index (χ0n) is 11.7. The van der Waals surface area contributed by atoms with Crippen molar-refractivity contribution < 1.29 is 9.90 Å². The van der Waals surface area contributed by atoms with Crippen LogP contribution in [0.4, 0.5) is 0 Å². The van der Waals surface area contributed by atoms with E-state index in [1.165, 1.54) is 0 Å². The van der Waals surface area contributed by atoms with Crippen molar-refractivity contribution >= 4 is 11.6 Å². The van der Waals surface area contributed by atoms with Crippen molar-refractivity contribution in [3.63, 3.8) is 0 Å². The molecule has 1 amide bonds. The lowest BCUT2D eigenvalue weighted by atomic mass is 9.64. The van der Waals surface area contributed by atoms with Gasteiger partial charge in [0, 0.05) is 23.9 Å². The topological polar surface area (TPSA) is 66.6 Å². The van der Waals surface area contributed by atoms with Crippen molar-refractivity contribution in [2.24, 2.45) is 5.41 Å². The lowest BCUT2D eigenvalue weighted by molar-refractivity contribution is -0.128. The zero-order chi connectivity index (χ0) is 14.3. The van der Waals surface area contributed by atoms with Gasteiger partial charge in [0.15, 0.2) is 0 Å². The van der Waals surface area contributed by atoms with E-state index in [1.807, 2.05) is 48.8 Å². The van der Waals surface area contributed by atoms with Crippen LogP contribution in [0, 0.1) is 5.41 Å². The van der Waals surface area contributed by atoms with Gasteiger partial charge >= 0.3 is 0 Å². The van der Waals surface area contributed by atoms with Crippen LogP contribution >= 0.6 is 0 Å². The van der Waals surface area contributed by atoms with Gasteiger partial charge < -0.3 is 14.8 Å². The van der Waals surface area contributed by atoms with Gasteiger partial charge in [-0.05, 0) is 18.6 Å². The van der Waals surface area contributed by atoms with E-state index in [2.05, 4.69) is 10.3 Å². The fraction of sp³-hybridized carbons (Fsp3) is 0.467. The summed E-state index contributed by atoms with van der Waals surface area (Å²) in [5.41, 5.74) is 1.36. The molecule has 0 aromatic carbocycles. The molecule has 3 rings (SSSR count). The van der Waals surface area contributed by atoms with Crippen molar-refractivity contribution in [1.82, 2.24) is 14.7 Å². The minimum Gasteiger partial charge on any atom is -0.392 e. The molecule has 0 radical (unpaired) electrons. The largest absolute Gasteiger partial charge is 0.392 e. The van der Waals surface area contributed by atoms with E-state index in [1.54, 1.807) is 0 Å². The molecule has 106 valence electrons. The van der Waals surface area contributed by atoms with Gasteiger partial charge in [-0.3, -0.25) is 4.79 Å². The summed E-state index contributed by atoms with van der Waals surface area (Å²) in [7, 11) is 0. The second kappa shape index (κ2) is 4.59. The molecule has 2 unspecified atom stereocenters. The quantitative estimate of drug-likeness (QED) is 0.881. The number of pyridine rings is 1. The summed E-state index contributed by atoms with van der Waals surface area (Å²) in [6.45, 7) is 3.94. The monoisotopic (exact) mass is 273 g/mol. The van der Waals surface area contributed by atoms with E-state index in [0.29, 0.717) is 6.42 Å². The number of carbonyl (C=O) groups is 1. The Bertz CT molecular complexity index is 614. The maximum absolute atomic E-state index is 12.0. The molecular weight excluding hydrogens is 254 g/mol. The van der Waals surface area contributed by atoms with Crippen LogP contribution in [0.2, 0.25) is 0 Å². The highest BCUT2D eigenvalue weighted by atomic mass is 16.3. The highest BCUT2D eigenvalue weighted by molar-refractivity contribution is 5.78. The Morgan fingerprint density at radius 2 is 2.35 bits per heavy atom. The van der Waals surface area contributed by atoms with Crippen molar-refractivity contribution in [2.75, 3.05) is 0 Å². The predicted octanol–water partition coefficient (Wildman–Crippen LogP) is 1.15. The number of rotatable bonds is 3. The Labute approximate surface area is 117 Å². The molecule has 2 heterocycles. The summed E-state index contributed by atoms with van der Waals surface area (Å²) < 4.78 is 1.90. The minimum absolute atomic E-state index is 0.0432. The first-order valence-electron chi connectivity index (χ1n) is 6.87. The molecule has 5 nitrogen and oxygen atoms in total. The third-order valence-corrected chi connectivity index (χ3v) is 4.31. The Morgan fingerprint density at radius 3 is 3.00 bits per heavy atom. The summed E-state index contributed by atoms with van der Waals surface area (Å²) in [5, 5.41) is 12.7. The first-order chi connectivity index (χ1) is 9.46. The van der Waals surface area contributed by atoms with Gasteiger partial charge in [0.25, 0.3) is 0 Å². The van der Waals surface area contributed by atoms with Crippen LogP contribution in [-0.2, 0) is 11.2 Å². The van der Waals surface area contributed by atoms with Gasteiger partial charge in [0.1, 0.15) is 5.65 Å². The van der Waals surface area contributed by atoms with E-state index in [0.717, 1.165) is 11.3 Å². The summed E-state index contributed by atoms with van der Waals surface area (Å²) >= 11 is 0. The van der Waals surface area contributed by atoms with Crippen LogP contribution in [0.3, 0.4) is 0 Å². The number of imidazole rings is 1. The molecule has 2 aromatic heterocycles. The molecule has 1 saturated carbocycles. The molecule has 1 aliphatic carbocycles. The summed E-state index contributed by atoms with van der Waals surface area (Å²) in [6.07, 6.45) is 4.35. The van der Waals surface area contributed by atoms with Crippen molar-refractivity contribution in [2.45, 2.75) is 38.8 Å². The number of aliphatic hydroxyl groups excluding tert-OH is 1. The maximum Gasteiger partial charge on any atom is 0.226 e. The molecule has 20 heavy (non-hydrogen) atoms. The summed E-state index contributed by atoms with van der Waals surface area (Å²) in [6, 6.07) is 5.80. The van der Waals surface area contributed by atoms with Crippen LogP contribution in [0.15, 0.2) is 30.6 Å². The summed E-state index contributed by atoms with van der Waals surface area (Å²) in [4.78, 5) is 16.5. The lowest BCUT2D eigenvalue weighted by Gasteiger charge is -2.49. The van der Waals surface area contributed by atoms with Crippen LogP contribution in [0.25, 0.3) is 5.65 Å². The average molecular weight is 273 g/mol. The Kier molecular flexibility index (Phi) is 3.01. The number of aliphatic hydroxyl groups is 1. The second-order valence-corrected chi connectivity index (χ2v) is 6.07. The fourth-order valence-electron chi connectivity index (χ4n) is 2.63. The SMILES string of the molecule is CC1(C)C(O)CC1NC(=O)Cc1cn2ccccc2n1. The molecule has 2 atom stereocenters. The number of aromatic nitrogens is 2. The second-order valence-electron chi connectivity index (χ2n) is 6.07. The highest BCUT2D eigenvalue weighted by Crippen LogP contribution is 2.40. The number of hydrogen-bond donors (Lipinski definition) is 2. The van der Waals surface area contributed by atoms with E-state index >= 15 is 0 Å². The highest BCUT2D eigenvalue weighted by Gasteiger charge is 2.47. The Hall–Kier alpha value is -1.88. The predicted molar refractivity (Wildman–Crippen MR) is 75.2 cm³/mol. The molecule has 0 bridgehead atoms. The third kappa shape index (κ3) is 2.18. The number of hydrogen-bond acceptors (Lipinski definition) is 3. The van der Waals surface area contributed by atoms with Gasteiger partial charge in [-0.1, -0.05) is 19.9 Å². The lowest BCUT2D eigenvalue weighted by Crippen LogP contribution is -2.61. The van der Waals surface area contributed by atoms with Crippen LogP contribution in [0.5, 0.6) is 0 Å². The molecule has 1 aliphatic rings. The number of amides is 1. The van der Waals surface area contributed by atoms with Gasteiger partial charge in [0.2, 0.25) is 5.91 Å². The molecule has 0 aliphatic heterocycles. The number of carbonyl (C=O) groups excluding carboxylic acids is 1. The number of nitrogens with one attached hydrogen (secondary N) is 1. The van der Waals surface area contributed by atoms with E-state index in [9.17, 15) is 9.90 Å². The van der Waals surface area contributed by atoms with Gasteiger partial charge in [0.05, 0.1) is 18.2 Å². The molecule has 0 saturated heterocycles. The third-order valence-electron chi connectivity index (χ3n) is 4.31. The molecule has 5 heteroatoms. The van der Waals surface area contributed by atoms with E-state index in [-0.39, 0.29) is 29.9 Å². The normalized spacial score (nSPS) is 24.4. The Balaban J connectivity index is 1.64. The molecule has 2 aromatic rings. The van der Waals surface area contributed by atoms with E-state index in [4.69, 9.17) is 0 Å². The first kappa shape index (κ1) is 13.1. The van der Waals surface area contributed by atoms with Crippen LogP contribution in [-0.4, -0.2) is 32.5 Å². The standard InChI is InChI=1S/C15H19N3O2/c1-15(2)11(8-12(15)19)17-14(20)7-10-9-18-6-4-3-5-13(18)16-10/h3-6,9,11-12,19H,7-8H2,1-2H3,(H,17,20). The van der Waals surface area contributed by atoms with Crippen LogP contribution in [0.1, 0.15) is 26.0 Å². The zero-order valence-corrected chi connectivity index (χ0v) is 11.7. The van der Waals surface area contributed by atoms with Gasteiger partial charge in [-0.25, -0.2) is 4.98 Å². The van der Waals surface area contributed by atoms with Gasteiger partial charge in [-0.2, -0.15) is 0 Å². The average Bonchev–Trinajstić information content (AvgIpc) is 2.80. The van der Waals surface area contributed by atoms with Crippen molar-refractivity contribution in [1.29, 1.82) is 0 Å².